The fourth-order valence-electron chi connectivity index (χ4n) is 8.53. The van der Waals surface area contributed by atoms with Gasteiger partial charge in [0.05, 0.1) is 23.5 Å². The molecule has 2 saturated carbocycles. The van der Waals surface area contributed by atoms with Crippen molar-refractivity contribution < 1.29 is 53.1 Å². The molecule has 12 heteroatoms. The summed E-state index contributed by atoms with van der Waals surface area (Å²) < 4.78 is 30.4. The number of fused-ring (bicyclic) bond motifs is 1. The summed E-state index contributed by atoms with van der Waals surface area (Å²) in [4.78, 5) is 55.9. The number of allylic oxidation sites excluding steroid dienone is 2. The summed E-state index contributed by atoms with van der Waals surface area (Å²) >= 11 is 0. The van der Waals surface area contributed by atoms with Crippen molar-refractivity contribution in [1.82, 2.24) is 4.98 Å². The maximum atomic E-state index is 13.9. The molecule has 3 heterocycles. The van der Waals surface area contributed by atoms with Crippen LogP contribution < -0.4 is 0 Å². The fraction of sp³-hybridized carbons (Fsp3) is 0.594. The van der Waals surface area contributed by atoms with Gasteiger partial charge in [-0.2, -0.15) is 0 Å². The van der Waals surface area contributed by atoms with Crippen molar-refractivity contribution >= 4 is 23.9 Å². The average Bonchev–Trinajstić information content (AvgIpc) is 3.14. The molecule has 2 aliphatic heterocycles. The number of pyridine rings is 1. The summed E-state index contributed by atoms with van der Waals surface area (Å²) in [6.45, 7) is 12.2. The average molecular weight is 614 g/mol. The van der Waals surface area contributed by atoms with Crippen molar-refractivity contribution in [2.24, 2.45) is 29.1 Å². The molecule has 0 radical (unpaired) electrons. The molecule has 1 spiro atoms. The first kappa shape index (κ1) is 31.8. The minimum absolute atomic E-state index is 0.0886. The lowest BCUT2D eigenvalue weighted by molar-refractivity contribution is -0.411. The Bertz CT molecular complexity index is 1410. The van der Waals surface area contributed by atoms with Crippen LogP contribution in [0.15, 0.2) is 48.8 Å². The summed E-state index contributed by atoms with van der Waals surface area (Å²) in [6.07, 6.45) is 2.35. The number of aromatic nitrogens is 1. The third-order valence-electron chi connectivity index (χ3n) is 9.91. The van der Waals surface area contributed by atoms with Crippen LogP contribution in [0.25, 0.3) is 0 Å². The van der Waals surface area contributed by atoms with Crippen molar-refractivity contribution in [2.45, 2.75) is 83.3 Å². The highest BCUT2D eigenvalue weighted by Crippen LogP contribution is 2.70. The van der Waals surface area contributed by atoms with Crippen LogP contribution in [0, 0.1) is 29.1 Å². The molecular weight excluding hydrogens is 574 g/mol. The normalized spacial score (nSPS) is 41.9. The molecule has 2 N–H and O–H groups in total. The quantitative estimate of drug-likeness (QED) is 0.273. The highest BCUT2D eigenvalue weighted by atomic mass is 16.7. The Labute approximate surface area is 255 Å². The third-order valence-corrected chi connectivity index (χ3v) is 9.91. The molecule has 3 aliphatic carbocycles. The van der Waals surface area contributed by atoms with Crippen LogP contribution in [0.5, 0.6) is 0 Å². The summed E-state index contributed by atoms with van der Waals surface area (Å²) in [7, 11) is 0. The standard InChI is InChI=1S/C32H39NO11/c1-16(2)22-10-11-23(41-18(4)34)30-15-40-32(39,29(7,38)26(22)30)31(44-20(6)36)13-17(3)25(42-19(5)35)24(31)27(30)43-28(37)21-9-8-12-33-14-21/h8-12,14,17,22-27,38-39H,1,13,15H2,2-7H3/t17-,22+,23+,24+,25-,26-,27+,29-,30+,31+,32-/m0/s1. The van der Waals surface area contributed by atoms with Gasteiger partial charge in [-0.3, -0.25) is 19.4 Å². The van der Waals surface area contributed by atoms with Gasteiger partial charge in [-0.15, -0.1) is 0 Å². The molecule has 1 aromatic rings. The van der Waals surface area contributed by atoms with Crippen LogP contribution in [0.2, 0.25) is 0 Å². The second-order valence-corrected chi connectivity index (χ2v) is 12.8. The molecule has 2 saturated heterocycles. The molecule has 0 unspecified atom stereocenters. The Morgan fingerprint density at radius 1 is 1.02 bits per heavy atom. The van der Waals surface area contributed by atoms with Crippen molar-refractivity contribution in [2.75, 3.05) is 6.61 Å². The van der Waals surface area contributed by atoms with Gasteiger partial charge in [0.15, 0.2) is 5.60 Å². The van der Waals surface area contributed by atoms with E-state index in [0.717, 1.165) is 6.92 Å². The highest BCUT2D eigenvalue weighted by Gasteiger charge is 2.86. The molecule has 238 valence electrons. The molecule has 12 nitrogen and oxygen atoms in total. The number of hydrogen-bond acceptors (Lipinski definition) is 12. The van der Waals surface area contributed by atoms with E-state index in [-0.39, 0.29) is 12.0 Å². The summed E-state index contributed by atoms with van der Waals surface area (Å²) in [5.41, 5.74) is -5.26. The van der Waals surface area contributed by atoms with E-state index in [9.17, 15) is 29.4 Å². The van der Waals surface area contributed by atoms with Gasteiger partial charge in [0.1, 0.15) is 23.9 Å². The van der Waals surface area contributed by atoms with E-state index in [2.05, 4.69) is 11.6 Å². The molecule has 5 aliphatic rings. The number of esters is 4. The first-order chi connectivity index (χ1) is 20.5. The molecule has 1 aromatic heterocycles. The number of nitrogens with zero attached hydrogens (tertiary/aromatic N) is 1. The van der Waals surface area contributed by atoms with Gasteiger partial charge in [0.2, 0.25) is 5.79 Å². The predicted octanol–water partition coefficient (Wildman–Crippen LogP) is 2.28. The molecular formula is C32H39NO11. The molecule has 44 heavy (non-hydrogen) atoms. The van der Waals surface area contributed by atoms with E-state index in [1.54, 1.807) is 32.1 Å². The van der Waals surface area contributed by atoms with Crippen LogP contribution in [0.4, 0.5) is 0 Å². The van der Waals surface area contributed by atoms with E-state index >= 15 is 0 Å². The Kier molecular flexibility index (Phi) is 7.79. The van der Waals surface area contributed by atoms with Gasteiger partial charge in [0, 0.05) is 45.0 Å². The van der Waals surface area contributed by atoms with Crippen LogP contribution >= 0.6 is 0 Å². The zero-order valence-electron chi connectivity index (χ0n) is 25.6. The van der Waals surface area contributed by atoms with Gasteiger partial charge in [-0.1, -0.05) is 25.2 Å². The molecule has 11 atom stereocenters. The minimum Gasteiger partial charge on any atom is -0.462 e. The molecule has 0 amide bonds. The number of carbonyl (C=O) groups is 4. The third kappa shape index (κ3) is 4.40. The summed E-state index contributed by atoms with van der Waals surface area (Å²) in [5.74, 6) is -9.16. The van der Waals surface area contributed by atoms with Gasteiger partial charge in [0.25, 0.3) is 0 Å². The SMILES string of the molecule is C=C(C)[C@H]1C=C[C@@H](OC(C)=O)[C@]23CO[C@@](O)([C@@](C)(O)[C@H]12)[C@@]1(OC(C)=O)C[C@H](C)[C@H](OC(C)=O)[C@@H]1[C@H]3OC(=O)c1cccnc1. The Morgan fingerprint density at radius 3 is 2.27 bits per heavy atom. The molecule has 4 fully saturated rings. The number of aliphatic hydroxyl groups is 2. The Balaban J connectivity index is 1.89. The maximum absolute atomic E-state index is 13.9. The van der Waals surface area contributed by atoms with Gasteiger partial charge in [-0.25, -0.2) is 4.79 Å². The first-order valence-corrected chi connectivity index (χ1v) is 14.6. The molecule has 2 bridgehead atoms. The van der Waals surface area contributed by atoms with Crippen molar-refractivity contribution in [3.63, 3.8) is 0 Å². The van der Waals surface area contributed by atoms with Crippen LogP contribution in [-0.4, -0.2) is 81.0 Å². The van der Waals surface area contributed by atoms with E-state index < -0.39 is 94.9 Å². The second-order valence-electron chi connectivity index (χ2n) is 12.8. The van der Waals surface area contributed by atoms with Gasteiger partial charge in [-0.05, 0) is 44.4 Å². The zero-order chi connectivity index (χ0) is 32.4. The Morgan fingerprint density at radius 2 is 1.70 bits per heavy atom. The topological polar surface area (TPSA) is 168 Å². The van der Waals surface area contributed by atoms with Gasteiger partial charge >= 0.3 is 23.9 Å². The van der Waals surface area contributed by atoms with Crippen molar-refractivity contribution in [3.05, 3.63) is 54.4 Å². The molecule has 0 aromatic carbocycles. The monoisotopic (exact) mass is 613 g/mol. The van der Waals surface area contributed by atoms with Crippen molar-refractivity contribution in [3.8, 4) is 0 Å². The number of hydrogen-bond donors (Lipinski definition) is 2. The van der Waals surface area contributed by atoms with Crippen LogP contribution in [0.1, 0.15) is 58.3 Å². The second kappa shape index (κ2) is 10.8. The predicted molar refractivity (Wildman–Crippen MR) is 151 cm³/mol. The summed E-state index contributed by atoms with van der Waals surface area (Å²) in [5, 5.41) is 25.4. The van der Waals surface area contributed by atoms with E-state index in [1.807, 2.05) is 0 Å². The zero-order valence-corrected chi connectivity index (χ0v) is 25.6. The van der Waals surface area contributed by atoms with Gasteiger partial charge < -0.3 is 33.9 Å². The minimum atomic E-state index is -2.61. The lowest BCUT2D eigenvalue weighted by atomic mass is 9.52. The maximum Gasteiger partial charge on any atom is 0.340 e. The highest BCUT2D eigenvalue weighted by molar-refractivity contribution is 5.89. The van der Waals surface area contributed by atoms with Crippen LogP contribution in [-0.2, 0) is 38.1 Å². The number of rotatable bonds is 6. The van der Waals surface area contributed by atoms with E-state index in [1.165, 1.54) is 39.2 Å². The fourth-order valence-corrected chi connectivity index (χ4v) is 8.53. The largest absolute Gasteiger partial charge is 0.462 e. The number of ether oxygens (including phenoxy) is 5. The lowest BCUT2D eigenvalue weighted by Crippen LogP contribution is -2.77. The smallest absolute Gasteiger partial charge is 0.340 e. The van der Waals surface area contributed by atoms with Crippen LogP contribution in [0.3, 0.4) is 0 Å². The van der Waals surface area contributed by atoms with E-state index in [4.69, 9.17) is 23.7 Å². The first-order valence-electron chi connectivity index (χ1n) is 14.6. The lowest BCUT2D eigenvalue weighted by Gasteiger charge is -2.62. The Hall–Kier alpha value is -3.61. The molecule has 6 rings (SSSR count). The van der Waals surface area contributed by atoms with Crippen molar-refractivity contribution in [1.29, 1.82) is 0 Å². The number of carbonyl (C=O) groups excluding carboxylic acids is 4. The van der Waals surface area contributed by atoms with E-state index in [0.29, 0.717) is 5.57 Å². The summed E-state index contributed by atoms with van der Waals surface area (Å²) in [6, 6.07) is 3.05.